The minimum absolute atomic E-state index is 0.186. The fraction of sp³-hybridized carbons (Fsp3) is 1.00. The maximum Gasteiger partial charge on any atom is 0.0589 e. The van der Waals surface area contributed by atoms with Gasteiger partial charge in [-0.1, -0.05) is 13.8 Å². The molecule has 1 N–H and O–H groups in total. The molecule has 0 saturated heterocycles. The van der Waals surface area contributed by atoms with Gasteiger partial charge in [0.1, 0.15) is 0 Å². The summed E-state index contributed by atoms with van der Waals surface area (Å²) in [7, 11) is 1.78. The number of rotatable bonds is 9. The molecule has 0 saturated carbocycles. The topological polar surface area (TPSA) is 24.5 Å². The van der Waals surface area contributed by atoms with Gasteiger partial charge >= 0.3 is 0 Å². The zero-order valence-electron chi connectivity index (χ0n) is 14.5. The molecule has 0 aromatic carbocycles. The van der Waals surface area contributed by atoms with E-state index in [2.05, 4.69) is 58.7 Å². The Morgan fingerprint density at radius 3 is 2.11 bits per heavy atom. The van der Waals surface area contributed by atoms with Crippen molar-refractivity contribution in [1.82, 2.24) is 10.2 Å². The first-order valence-electron chi connectivity index (χ1n) is 7.61. The Bertz CT molecular complexity index is 235. The van der Waals surface area contributed by atoms with Gasteiger partial charge in [0.25, 0.3) is 0 Å². The molecule has 0 aliphatic heterocycles. The van der Waals surface area contributed by atoms with Crippen molar-refractivity contribution in [3.8, 4) is 0 Å². The number of nitrogens with zero attached hydrogens (tertiary/aromatic N) is 1. The second-order valence-electron chi connectivity index (χ2n) is 7.32. The van der Waals surface area contributed by atoms with E-state index in [0.29, 0.717) is 11.5 Å². The molecule has 1 atom stereocenters. The number of hydrogen-bond acceptors (Lipinski definition) is 3. The Labute approximate surface area is 121 Å². The molecule has 0 aromatic heterocycles. The maximum absolute atomic E-state index is 5.23. The lowest BCUT2D eigenvalue weighted by molar-refractivity contribution is 0.0848. The van der Waals surface area contributed by atoms with Crippen molar-refractivity contribution in [2.75, 3.05) is 33.4 Å². The third kappa shape index (κ3) is 8.61. The highest BCUT2D eigenvalue weighted by molar-refractivity contribution is 4.84. The molecule has 116 valence electrons. The van der Waals surface area contributed by atoms with Crippen LogP contribution in [0.3, 0.4) is 0 Å². The zero-order chi connectivity index (χ0) is 15.1. The van der Waals surface area contributed by atoms with Crippen LogP contribution in [0.4, 0.5) is 0 Å². The average Bonchev–Trinajstić information content (AvgIpc) is 2.31. The SMILES string of the molecule is CCC(C)(CNC(C)(C)C)CN(CCOC)C(C)C. The van der Waals surface area contributed by atoms with Gasteiger partial charge in [-0.3, -0.25) is 4.90 Å². The largest absolute Gasteiger partial charge is 0.383 e. The average molecular weight is 272 g/mol. The van der Waals surface area contributed by atoms with E-state index in [-0.39, 0.29) is 5.54 Å². The normalized spacial score (nSPS) is 16.1. The molecule has 0 heterocycles. The Kier molecular flexibility index (Phi) is 8.18. The van der Waals surface area contributed by atoms with Gasteiger partial charge in [0.05, 0.1) is 6.61 Å². The highest BCUT2D eigenvalue weighted by Crippen LogP contribution is 2.23. The molecule has 0 spiro atoms. The molecule has 0 fully saturated rings. The summed E-state index contributed by atoms with van der Waals surface area (Å²) in [6.07, 6.45) is 1.19. The van der Waals surface area contributed by atoms with E-state index >= 15 is 0 Å². The van der Waals surface area contributed by atoms with Gasteiger partial charge in [-0.25, -0.2) is 0 Å². The molecule has 0 rings (SSSR count). The van der Waals surface area contributed by atoms with Crippen LogP contribution in [0.5, 0.6) is 0 Å². The van der Waals surface area contributed by atoms with Crippen LogP contribution in [0.2, 0.25) is 0 Å². The Hall–Kier alpha value is -0.120. The highest BCUT2D eigenvalue weighted by Gasteiger charge is 2.27. The van der Waals surface area contributed by atoms with Gasteiger partial charge < -0.3 is 10.1 Å². The van der Waals surface area contributed by atoms with Crippen LogP contribution in [0.15, 0.2) is 0 Å². The van der Waals surface area contributed by atoms with Crippen molar-refractivity contribution in [1.29, 1.82) is 0 Å². The van der Waals surface area contributed by atoms with Crippen LogP contribution in [0.1, 0.15) is 54.9 Å². The Balaban J connectivity index is 4.54. The first-order valence-corrected chi connectivity index (χ1v) is 7.61. The first-order chi connectivity index (χ1) is 8.63. The third-order valence-corrected chi connectivity index (χ3v) is 3.80. The van der Waals surface area contributed by atoms with Crippen molar-refractivity contribution in [2.24, 2.45) is 5.41 Å². The molecule has 3 nitrogen and oxygen atoms in total. The summed E-state index contributed by atoms with van der Waals surface area (Å²) in [6.45, 7) is 19.9. The van der Waals surface area contributed by atoms with Crippen LogP contribution in [-0.4, -0.2) is 49.8 Å². The van der Waals surface area contributed by atoms with E-state index in [1.165, 1.54) is 6.42 Å². The monoisotopic (exact) mass is 272 g/mol. The van der Waals surface area contributed by atoms with Crippen LogP contribution in [-0.2, 0) is 4.74 Å². The van der Waals surface area contributed by atoms with Gasteiger partial charge in [0.15, 0.2) is 0 Å². The summed E-state index contributed by atoms with van der Waals surface area (Å²) >= 11 is 0. The molecule has 0 bridgehead atoms. The molecular formula is C16H36N2O. The van der Waals surface area contributed by atoms with Crippen LogP contribution in [0, 0.1) is 5.41 Å². The molecule has 1 unspecified atom stereocenters. The van der Waals surface area contributed by atoms with Gasteiger partial charge in [-0.05, 0) is 46.5 Å². The van der Waals surface area contributed by atoms with E-state index < -0.39 is 0 Å². The molecule has 19 heavy (non-hydrogen) atoms. The summed E-state index contributed by atoms with van der Waals surface area (Å²) < 4.78 is 5.23. The number of ether oxygens (including phenoxy) is 1. The van der Waals surface area contributed by atoms with Gasteiger partial charge in [0, 0.05) is 38.3 Å². The lowest BCUT2D eigenvalue weighted by atomic mass is 9.85. The highest BCUT2D eigenvalue weighted by atomic mass is 16.5. The second-order valence-corrected chi connectivity index (χ2v) is 7.32. The van der Waals surface area contributed by atoms with E-state index in [1.54, 1.807) is 7.11 Å². The minimum Gasteiger partial charge on any atom is -0.383 e. The van der Waals surface area contributed by atoms with E-state index in [1.807, 2.05) is 0 Å². The summed E-state index contributed by atoms with van der Waals surface area (Å²) in [4.78, 5) is 2.53. The van der Waals surface area contributed by atoms with Crippen LogP contribution in [0.25, 0.3) is 0 Å². The molecule has 0 radical (unpaired) electrons. The molecule has 0 aliphatic carbocycles. The lowest BCUT2D eigenvalue weighted by Crippen LogP contribution is -2.49. The van der Waals surface area contributed by atoms with Crippen molar-refractivity contribution < 1.29 is 4.74 Å². The summed E-state index contributed by atoms with van der Waals surface area (Å²) in [5.41, 5.74) is 0.497. The smallest absolute Gasteiger partial charge is 0.0589 e. The van der Waals surface area contributed by atoms with E-state index in [9.17, 15) is 0 Å². The number of hydrogen-bond donors (Lipinski definition) is 1. The lowest BCUT2D eigenvalue weighted by Gasteiger charge is -2.39. The van der Waals surface area contributed by atoms with Crippen molar-refractivity contribution in [3.05, 3.63) is 0 Å². The quantitative estimate of drug-likeness (QED) is 0.698. The molecule has 0 aliphatic rings. The van der Waals surface area contributed by atoms with Crippen LogP contribution < -0.4 is 5.32 Å². The molecular weight excluding hydrogens is 236 g/mol. The molecule has 0 amide bonds. The van der Waals surface area contributed by atoms with E-state index in [4.69, 9.17) is 4.74 Å². The summed E-state index contributed by atoms with van der Waals surface area (Å²) in [5, 5.41) is 3.66. The Morgan fingerprint density at radius 2 is 1.74 bits per heavy atom. The first kappa shape index (κ1) is 18.9. The molecule has 0 aromatic rings. The predicted molar refractivity (Wildman–Crippen MR) is 84.7 cm³/mol. The Morgan fingerprint density at radius 1 is 1.16 bits per heavy atom. The van der Waals surface area contributed by atoms with Crippen molar-refractivity contribution >= 4 is 0 Å². The summed E-state index contributed by atoms with van der Waals surface area (Å²) in [6, 6.07) is 0.565. The summed E-state index contributed by atoms with van der Waals surface area (Å²) in [5.74, 6) is 0. The fourth-order valence-corrected chi connectivity index (χ4v) is 1.99. The fourth-order valence-electron chi connectivity index (χ4n) is 1.99. The molecule has 3 heteroatoms. The van der Waals surface area contributed by atoms with Crippen molar-refractivity contribution in [3.63, 3.8) is 0 Å². The number of nitrogens with one attached hydrogen (secondary N) is 1. The van der Waals surface area contributed by atoms with Crippen molar-refractivity contribution in [2.45, 2.75) is 66.5 Å². The second kappa shape index (κ2) is 8.23. The van der Waals surface area contributed by atoms with E-state index in [0.717, 1.165) is 26.2 Å². The van der Waals surface area contributed by atoms with Gasteiger partial charge in [-0.2, -0.15) is 0 Å². The minimum atomic E-state index is 0.186. The van der Waals surface area contributed by atoms with Gasteiger partial charge in [0.2, 0.25) is 0 Å². The standard InChI is InChI=1S/C16H36N2O/c1-9-16(7,12-17-15(4,5)6)13-18(14(2)3)10-11-19-8/h14,17H,9-13H2,1-8H3. The van der Waals surface area contributed by atoms with Crippen LogP contribution >= 0.6 is 0 Å². The maximum atomic E-state index is 5.23. The van der Waals surface area contributed by atoms with Gasteiger partial charge in [-0.15, -0.1) is 0 Å². The zero-order valence-corrected chi connectivity index (χ0v) is 14.5. The number of methoxy groups -OCH3 is 1. The predicted octanol–water partition coefficient (Wildman–Crippen LogP) is 3.15. The third-order valence-electron chi connectivity index (χ3n) is 3.80.